The van der Waals surface area contributed by atoms with E-state index in [-0.39, 0.29) is 25.9 Å². The Kier molecular flexibility index (Phi) is 43.6. The highest BCUT2D eigenvalue weighted by atomic mass is 16.7. The van der Waals surface area contributed by atoms with Crippen molar-refractivity contribution in [3.05, 3.63) is 122 Å². The van der Waals surface area contributed by atoms with Crippen molar-refractivity contribution in [3.8, 4) is 0 Å². The number of hydrogen-bond acceptors (Lipinski definition) is 11. The molecule has 1 aliphatic heterocycles. The minimum Gasteiger partial charge on any atom is -0.479 e. The second kappa shape index (κ2) is 48.1. The van der Waals surface area contributed by atoms with Gasteiger partial charge in [-0.2, -0.15) is 0 Å². The third kappa shape index (κ3) is 38.4. The number of aliphatic hydroxyl groups excluding tert-OH is 2. The van der Waals surface area contributed by atoms with Gasteiger partial charge in [-0.1, -0.05) is 168 Å². The van der Waals surface area contributed by atoms with E-state index >= 15 is 0 Å². The molecule has 3 N–H and O–H groups in total. The number of aliphatic carboxylic acids is 1. The van der Waals surface area contributed by atoms with Gasteiger partial charge in [0.15, 0.2) is 24.6 Å². The minimum atomic E-state index is -1.93. The van der Waals surface area contributed by atoms with Crippen LogP contribution in [0.25, 0.3) is 0 Å². The van der Waals surface area contributed by atoms with Gasteiger partial charge in [-0.25, -0.2) is 4.79 Å². The standard InChI is InChI=1S/C61H94O12/c1-4-7-10-13-16-19-22-25-26-27-28-31-32-35-38-41-44-47-53(62)69-50-52(71-54(63)48-45-42-39-36-33-29-23-20-17-14-11-8-5-2)51-70-61-59(57(66)56(65)58(73-61)60(67)68)72-55(64)49-46-43-40-37-34-30-24-21-18-15-12-9-6-3/h7-12,16-21,25-26,28-31,33-34,52,56-59,61,65-66H,4-6,13-15,22-24,27,32,35-51H2,1-3H3,(H,67,68)/b10-7-,11-8-,12-9-,19-16-,20-17-,21-18-,26-25-,31-28-,33-29-,34-30-. The lowest BCUT2D eigenvalue weighted by molar-refractivity contribution is -0.301. The summed E-state index contributed by atoms with van der Waals surface area (Å²) >= 11 is 0. The highest BCUT2D eigenvalue weighted by Gasteiger charge is 2.50. The number of rotatable bonds is 44. The molecule has 0 aromatic rings. The summed E-state index contributed by atoms with van der Waals surface area (Å²) < 4.78 is 28.3. The number of unbranched alkanes of at least 4 members (excludes halogenated alkanes) is 10. The van der Waals surface area contributed by atoms with E-state index in [4.69, 9.17) is 23.7 Å². The van der Waals surface area contributed by atoms with E-state index in [0.29, 0.717) is 19.3 Å². The van der Waals surface area contributed by atoms with Gasteiger partial charge in [-0.15, -0.1) is 0 Å². The average molecular weight is 1020 g/mol. The third-order valence-electron chi connectivity index (χ3n) is 11.5. The molecule has 1 saturated heterocycles. The number of hydrogen-bond donors (Lipinski definition) is 3. The fraction of sp³-hybridized carbons (Fsp3) is 0.607. The highest BCUT2D eigenvalue weighted by Crippen LogP contribution is 2.26. The van der Waals surface area contributed by atoms with Crippen LogP contribution in [0.15, 0.2) is 122 Å². The summed E-state index contributed by atoms with van der Waals surface area (Å²) in [6.07, 6.45) is 53.3. The van der Waals surface area contributed by atoms with Crippen LogP contribution in [0, 0.1) is 0 Å². The van der Waals surface area contributed by atoms with Crippen LogP contribution in [0.3, 0.4) is 0 Å². The first kappa shape index (κ1) is 66.1. The lowest BCUT2D eigenvalue weighted by atomic mass is 9.98. The molecule has 0 amide bonds. The predicted molar refractivity (Wildman–Crippen MR) is 293 cm³/mol. The summed E-state index contributed by atoms with van der Waals surface area (Å²) in [5.41, 5.74) is 0. The van der Waals surface area contributed by atoms with Crippen molar-refractivity contribution < 1.29 is 58.2 Å². The van der Waals surface area contributed by atoms with Gasteiger partial charge in [0.05, 0.1) is 6.61 Å². The summed E-state index contributed by atoms with van der Waals surface area (Å²) in [7, 11) is 0. The quantitative estimate of drug-likeness (QED) is 0.0228. The van der Waals surface area contributed by atoms with Gasteiger partial charge in [0.2, 0.25) is 0 Å². The second-order valence-electron chi connectivity index (χ2n) is 18.1. The fourth-order valence-electron chi connectivity index (χ4n) is 7.38. The molecule has 1 rings (SSSR count). The zero-order chi connectivity index (χ0) is 53.3. The SMILES string of the molecule is CC/C=C\C/C=C\C/C=C\C/C=C\CCCCCCC(=O)OCC(COC1OC(C(=O)O)C(O)C(O)C1OC(=O)CCCCC/C=C\C/C=C\C/C=C\CC)OC(=O)CCCCC/C=C\C/C=C\C/C=C\CC. The van der Waals surface area contributed by atoms with Crippen molar-refractivity contribution in [1.82, 2.24) is 0 Å². The fourth-order valence-corrected chi connectivity index (χ4v) is 7.38. The molecular weight excluding hydrogens is 925 g/mol. The zero-order valence-electron chi connectivity index (χ0n) is 44.8. The van der Waals surface area contributed by atoms with E-state index in [2.05, 4.69) is 142 Å². The zero-order valence-corrected chi connectivity index (χ0v) is 44.8. The molecule has 0 aromatic carbocycles. The maximum atomic E-state index is 13.1. The minimum absolute atomic E-state index is 0.0123. The van der Waals surface area contributed by atoms with E-state index < -0.39 is 67.3 Å². The Morgan fingerprint density at radius 2 is 0.822 bits per heavy atom. The average Bonchev–Trinajstić information content (AvgIpc) is 3.37. The van der Waals surface area contributed by atoms with Crippen LogP contribution in [0.2, 0.25) is 0 Å². The van der Waals surface area contributed by atoms with Gasteiger partial charge in [0.1, 0.15) is 18.8 Å². The molecule has 1 fully saturated rings. The molecule has 0 aliphatic carbocycles. The number of carboxylic acids is 1. The third-order valence-corrected chi connectivity index (χ3v) is 11.5. The maximum absolute atomic E-state index is 13.1. The molecule has 6 atom stereocenters. The molecule has 1 heterocycles. The molecule has 0 spiro atoms. The molecule has 0 radical (unpaired) electrons. The first-order valence-electron chi connectivity index (χ1n) is 27.5. The molecule has 0 aromatic heterocycles. The number of carbonyl (C=O) groups excluding carboxylic acids is 3. The second-order valence-corrected chi connectivity index (χ2v) is 18.1. The van der Waals surface area contributed by atoms with Gasteiger partial charge < -0.3 is 39.0 Å². The number of allylic oxidation sites excluding steroid dienone is 20. The number of carbonyl (C=O) groups is 4. The van der Waals surface area contributed by atoms with Crippen LogP contribution in [0.5, 0.6) is 0 Å². The highest BCUT2D eigenvalue weighted by molar-refractivity contribution is 5.74. The first-order valence-corrected chi connectivity index (χ1v) is 27.5. The molecule has 0 bridgehead atoms. The van der Waals surface area contributed by atoms with E-state index in [0.717, 1.165) is 128 Å². The first-order chi connectivity index (χ1) is 35.6. The summed E-state index contributed by atoms with van der Waals surface area (Å²) in [6.45, 7) is 5.55. The largest absolute Gasteiger partial charge is 0.479 e. The van der Waals surface area contributed by atoms with E-state index in [9.17, 15) is 34.5 Å². The molecule has 0 saturated carbocycles. The van der Waals surface area contributed by atoms with Crippen molar-refractivity contribution in [2.45, 2.75) is 225 Å². The lowest BCUT2D eigenvalue weighted by Crippen LogP contribution is -2.61. The Bertz CT molecular complexity index is 1730. The van der Waals surface area contributed by atoms with E-state index in [1.54, 1.807) is 0 Å². The molecular formula is C61H94O12. The van der Waals surface area contributed by atoms with Crippen LogP contribution in [-0.2, 0) is 42.9 Å². The van der Waals surface area contributed by atoms with Gasteiger partial charge in [0, 0.05) is 19.3 Å². The van der Waals surface area contributed by atoms with Crippen molar-refractivity contribution in [3.63, 3.8) is 0 Å². The van der Waals surface area contributed by atoms with Gasteiger partial charge in [0.25, 0.3) is 0 Å². The van der Waals surface area contributed by atoms with Crippen LogP contribution < -0.4 is 0 Å². The Morgan fingerprint density at radius 3 is 1.25 bits per heavy atom. The molecule has 12 nitrogen and oxygen atoms in total. The number of carboxylic acid groups (broad SMARTS) is 1. The van der Waals surface area contributed by atoms with Crippen molar-refractivity contribution >= 4 is 23.9 Å². The van der Waals surface area contributed by atoms with Gasteiger partial charge >= 0.3 is 23.9 Å². The van der Waals surface area contributed by atoms with E-state index in [1.165, 1.54) is 0 Å². The predicted octanol–water partition coefficient (Wildman–Crippen LogP) is 13.7. The molecule has 73 heavy (non-hydrogen) atoms. The van der Waals surface area contributed by atoms with Crippen molar-refractivity contribution in [1.29, 1.82) is 0 Å². The Balaban J connectivity index is 2.77. The smallest absolute Gasteiger partial charge is 0.335 e. The molecule has 410 valence electrons. The maximum Gasteiger partial charge on any atom is 0.335 e. The molecule has 1 aliphatic rings. The van der Waals surface area contributed by atoms with Crippen LogP contribution >= 0.6 is 0 Å². The number of esters is 3. The summed E-state index contributed by atoms with van der Waals surface area (Å²) in [6, 6.07) is 0. The normalized spacial score (nSPS) is 19.3. The molecule has 12 heteroatoms. The van der Waals surface area contributed by atoms with Crippen LogP contribution in [0.4, 0.5) is 0 Å². The molecule has 6 unspecified atom stereocenters. The van der Waals surface area contributed by atoms with Crippen LogP contribution in [-0.4, -0.2) is 89.2 Å². The summed E-state index contributed by atoms with van der Waals surface area (Å²) in [5.74, 6) is -3.26. The van der Waals surface area contributed by atoms with Gasteiger partial charge in [-0.3, -0.25) is 14.4 Å². The Hall–Kier alpha value is -4.88. The Morgan fingerprint density at radius 1 is 0.452 bits per heavy atom. The Labute approximate surface area is 439 Å². The number of aliphatic hydroxyl groups is 2. The number of ether oxygens (including phenoxy) is 5. The van der Waals surface area contributed by atoms with E-state index in [1.807, 2.05) is 0 Å². The van der Waals surface area contributed by atoms with Crippen molar-refractivity contribution in [2.24, 2.45) is 0 Å². The topological polar surface area (TPSA) is 175 Å². The van der Waals surface area contributed by atoms with Crippen LogP contribution in [0.1, 0.15) is 188 Å². The summed E-state index contributed by atoms with van der Waals surface area (Å²) in [5, 5.41) is 31.4. The summed E-state index contributed by atoms with van der Waals surface area (Å²) in [4.78, 5) is 51.0. The van der Waals surface area contributed by atoms with Gasteiger partial charge in [-0.05, 0) is 122 Å². The monoisotopic (exact) mass is 1020 g/mol. The van der Waals surface area contributed by atoms with Crippen molar-refractivity contribution in [2.75, 3.05) is 13.2 Å². The lowest BCUT2D eigenvalue weighted by Gasteiger charge is -2.40.